The van der Waals surface area contributed by atoms with Crippen LogP contribution in [0.3, 0.4) is 0 Å². The van der Waals surface area contributed by atoms with E-state index in [-0.39, 0.29) is 5.82 Å². The van der Waals surface area contributed by atoms with Crippen molar-refractivity contribution in [3.63, 3.8) is 0 Å². The first kappa shape index (κ1) is 15.7. The van der Waals surface area contributed by atoms with Gasteiger partial charge in [-0.25, -0.2) is 4.39 Å². The predicted molar refractivity (Wildman–Crippen MR) is 84.4 cm³/mol. The minimum absolute atomic E-state index is 0.276. The molecule has 21 heavy (non-hydrogen) atoms. The summed E-state index contributed by atoms with van der Waals surface area (Å²) in [4.78, 5) is 0. The van der Waals surface area contributed by atoms with Crippen LogP contribution in [0.2, 0.25) is 0 Å². The molecule has 4 heteroatoms. The summed E-state index contributed by atoms with van der Waals surface area (Å²) in [6, 6.07) is 14.0. The van der Waals surface area contributed by atoms with Crippen LogP contribution in [0, 0.1) is 12.7 Å². The zero-order valence-electron chi connectivity index (χ0n) is 12.0. The van der Waals surface area contributed by atoms with Crippen molar-refractivity contribution >= 4 is 10.8 Å². The summed E-state index contributed by atoms with van der Waals surface area (Å²) in [5.41, 5.74) is 2.30. The summed E-state index contributed by atoms with van der Waals surface area (Å²) in [5, 5.41) is 0. The summed E-state index contributed by atoms with van der Waals surface area (Å²) in [5.74, 6) is 1.55. The summed E-state index contributed by atoms with van der Waals surface area (Å²) < 4.78 is 30.2. The van der Waals surface area contributed by atoms with Gasteiger partial charge in [0.25, 0.3) is 0 Å². The first-order chi connectivity index (χ1) is 10.1. The lowest BCUT2D eigenvalue weighted by Crippen LogP contribution is -2.06. The summed E-state index contributed by atoms with van der Waals surface area (Å²) in [7, 11) is -0.879. The molecule has 0 saturated heterocycles. The Hall–Kier alpha value is -1.68. The lowest BCUT2D eigenvalue weighted by molar-refractivity contribution is 0.318. The largest absolute Gasteiger partial charge is 0.494 e. The average molecular weight is 306 g/mol. The molecule has 0 aliphatic carbocycles. The second-order valence-corrected chi connectivity index (χ2v) is 6.51. The van der Waals surface area contributed by atoms with E-state index >= 15 is 0 Å². The van der Waals surface area contributed by atoms with Crippen LogP contribution in [0.15, 0.2) is 48.5 Å². The number of benzene rings is 2. The molecule has 0 amide bonds. The zero-order chi connectivity index (χ0) is 15.1. The molecule has 0 spiro atoms. The van der Waals surface area contributed by atoms with Gasteiger partial charge in [-0.15, -0.1) is 0 Å². The van der Waals surface area contributed by atoms with Gasteiger partial charge in [-0.3, -0.25) is 4.21 Å². The summed E-state index contributed by atoms with van der Waals surface area (Å²) in [6.07, 6.45) is 0.718. The lowest BCUT2D eigenvalue weighted by Gasteiger charge is -2.06. The molecule has 0 aliphatic rings. The van der Waals surface area contributed by atoms with Crippen molar-refractivity contribution in [2.75, 3.05) is 12.4 Å². The second kappa shape index (κ2) is 7.93. The maximum Gasteiger partial charge on any atom is 0.123 e. The SMILES string of the molecule is Cc1ccc(C[S@@](=O)CCCOc2ccc(F)cc2)cc1. The molecule has 0 unspecified atom stereocenters. The van der Waals surface area contributed by atoms with Crippen molar-refractivity contribution in [2.24, 2.45) is 0 Å². The number of aryl methyl sites for hydroxylation is 1. The highest BCUT2D eigenvalue weighted by Crippen LogP contribution is 2.11. The van der Waals surface area contributed by atoms with Gasteiger partial charge >= 0.3 is 0 Å². The van der Waals surface area contributed by atoms with Gasteiger partial charge in [-0.1, -0.05) is 29.8 Å². The number of rotatable bonds is 7. The molecule has 112 valence electrons. The molecule has 2 aromatic rings. The van der Waals surface area contributed by atoms with Crippen LogP contribution in [0.5, 0.6) is 5.75 Å². The number of hydrogen-bond donors (Lipinski definition) is 0. The first-order valence-electron chi connectivity index (χ1n) is 6.92. The molecule has 0 radical (unpaired) electrons. The predicted octanol–water partition coefficient (Wildman–Crippen LogP) is 3.85. The van der Waals surface area contributed by atoms with Crippen LogP contribution in [-0.2, 0) is 16.6 Å². The molecule has 0 N–H and O–H groups in total. The fourth-order valence-corrected chi connectivity index (χ4v) is 3.03. The van der Waals surface area contributed by atoms with Crippen molar-refractivity contribution in [1.29, 1.82) is 0 Å². The molecule has 0 bridgehead atoms. The topological polar surface area (TPSA) is 26.3 Å². The van der Waals surface area contributed by atoms with Gasteiger partial charge in [0, 0.05) is 22.3 Å². The highest BCUT2D eigenvalue weighted by Gasteiger charge is 2.02. The number of hydrogen-bond acceptors (Lipinski definition) is 2. The quantitative estimate of drug-likeness (QED) is 0.726. The maximum atomic E-state index is 12.7. The average Bonchev–Trinajstić information content (AvgIpc) is 2.48. The Morgan fingerprint density at radius 3 is 2.38 bits per heavy atom. The Labute approximate surface area is 127 Å². The van der Waals surface area contributed by atoms with E-state index in [1.54, 1.807) is 12.1 Å². The van der Waals surface area contributed by atoms with Gasteiger partial charge in [0.15, 0.2) is 0 Å². The number of ether oxygens (including phenoxy) is 1. The molecular formula is C17H19FO2S. The molecule has 0 saturated carbocycles. The third-order valence-electron chi connectivity index (χ3n) is 3.05. The van der Waals surface area contributed by atoms with Gasteiger partial charge in [0.2, 0.25) is 0 Å². The maximum absolute atomic E-state index is 12.7. The van der Waals surface area contributed by atoms with E-state index in [2.05, 4.69) is 0 Å². The van der Waals surface area contributed by atoms with E-state index in [4.69, 9.17) is 4.74 Å². The van der Waals surface area contributed by atoms with Crippen molar-refractivity contribution in [2.45, 2.75) is 19.1 Å². The van der Waals surface area contributed by atoms with Gasteiger partial charge in [-0.05, 0) is 43.2 Å². The smallest absolute Gasteiger partial charge is 0.123 e. The van der Waals surface area contributed by atoms with Crippen LogP contribution in [0.25, 0.3) is 0 Å². The van der Waals surface area contributed by atoms with E-state index in [0.717, 1.165) is 12.0 Å². The number of halogens is 1. The lowest BCUT2D eigenvalue weighted by atomic mass is 10.2. The Bertz CT molecular complexity index is 579. The van der Waals surface area contributed by atoms with Gasteiger partial charge in [0.1, 0.15) is 11.6 Å². The minimum Gasteiger partial charge on any atom is -0.494 e. The van der Waals surface area contributed by atoms with E-state index in [1.165, 1.54) is 17.7 Å². The minimum atomic E-state index is -0.879. The van der Waals surface area contributed by atoms with Crippen LogP contribution in [-0.4, -0.2) is 16.6 Å². The molecule has 0 aromatic heterocycles. The van der Waals surface area contributed by atoms with Gasteiger partial charge < -0.3 is 4.74 Å². The fourth-order valence-electron chi connectivity index (χ4n) is 1.88. The van der Waals surface area contributed by atoms with Crippen molar-refractivity contribution in [3.05, 3.63) is 65.5 Å². The zero-order valence-corrected chi connectivity index (χ0v) is 12.9. The third-order valence-corrected chi connectivity index (χ3v) is 4.45. The third kappa shape index (κ3) is 5.68. The van der Waals surface area contributed by atoms with Crippen LogP contribution in [0.4, 0.5) is 4.39 Å². The Morgan fingerprint density at radius 2 is 1.71 bits per heavy atom. The van der Waals surface area contributed by atoms with E-state index in [9.17, 15) is 8.60 Å². The molecule has 0 heterocycles. The van der Waals surface area contributed by atoms with E-state index in [0.29, 0.717) is 23.9 Å². The highest BCUT2D eigenvalue weighted by molar-refractivity contribution is 7.84. The molecular weight excluding hydrogens is 287 g/mol. The van der Waals surface area contributed by atoms with Crippen molar-refractivity contribution in [3.8, 4) is 5.75 Å². The van der Waals surface area contributed by atoms with Crippen LogP contribution in [0.1, 0.15) is 17.5 Å². The molecule has 2 aromatic carbocycles. The Morgan fingerprint density at radius 1 is 1.05 bits per heavy atom. The van der Waals surface area contributed by atoms with Crippen LogP contribution < -0.4 is 4.74 Å². The second-order valence-electron chi connectivity index (χ2n) is 4.93. The Kier molecular flexibility index (Phi) is 5.93. The van der Waals surface area contributed by atoms with E-state index in [1.807, 2.05) is 31.2 Å². The van der Waals surface area contributed by atoms with Crippen molar-refractivity contribution < 1.29 is 13.3 Å². The van der Waals surface area contributed by atoms with Gasteiger partial charge in [-0.2, -0.15) is 0 Å². The van der Waals surface area contributed by atoms with Crippen molar-refractivity contribution in [1.82, 2.24) is 0 Å². The normalized spacial score (nSPS) is 12.1. The highest BCUT2D eigenvalue weighted by atomic mass is 32.2. The molecule has 1 atom stereocenters. The summed E-state index contributed by atoms with van der Waals surface area (Å²) >= 11 is 0. The monoisotopic (exact) mass is 306 g/mol. The molecule has 2 nitrogen and oxygen atoms in total. The standard InChI is InChI=1S/C17H19FO2S/c1-14-3-5-15(6-4-14)13-21(19)12-2-11-20-17-9-7-16(18)8-10-17/h3-10H,2,11-13H2,1H3/t21-/m0/s1. The first-order valence-corrected chi connectivity index (χ1v) is 8.41. The summed E-state index contributed by atoms with van der Waals surface area (Å²) in [6.45, 7) is 2.53. The Balaban J connectivity index is 1.67. The fraction of sp³-hybridized carbons (Fsp3) is 0.294. The van der Waals surface area contributed by atoms with E-state index < -0.39 is 10.8 Å². The molecule has 0 aliphatic heterocycles. The van der Waals surface area contributed by atoms with Crippen LogP contribution >= 0.6 is 0 Å². The molecule has 0 fully saturated rings. The van der Waals surface area contributed by atoms with Gasteiger partial charge in [0.05, 0.1) is 6.61 Å². The molecule has 2 rings (SSSR count).